The maximum absolute atomic E-state index is 12.0. The maximum Gasteiger partial charge on any atom is 0.251 e. The zero-order chi connectivity index (χ0) is 15.1. The van der Waals surface area contributed by atoms with E-state index in [1.165, 1.54) is 32.4 Å². The summed E-state index contributed by atoms with van der Waals surface area (Å²) in [4.78, 5) is 14.5. The fourth-order valence-corrected chi connectivity index (χ4v) is 2.85. The van der Waals surface area contributed by atoms with Crippen LogP contribution in [-0.4, -0.2) is 44.1 Å². The number of ether oxygens (including phenoxy) is 1. The Morgan fingerprint density at radius 1 is 1.33 bits per heavy atom. The van der Waals surface area contributed by atoms with Crippen molar-refractivity contribution in [3.63, 3.8) is 0 Å². The predicted molar refractivity (Wildman–Crippen MR) is 85.2 cm³/mol. The third-order valence-corrected chi connectivity index (χ3v) is 4.09. The number of halogens is 1. The molecule has 0 aromatic heterocycles. The SMILES string of the molecule is COc1ccc(C(=O)NCCCN2CCCCC2)cc1Cl. The van der Waals surface area contributed by atoms with Gasteiger partial charge in [0.15, 0.2) is 0 Å². The summed E-state index contributed by atoms with van der Waals surface area (Å²) < 4.78 is 5.08. The number of hydrogen-bond acceptors (Lipinski definition) is 3. The molecule has 0 atom stereocenters. The van der Waals surface area contributed by atoms with E-state index in [4.69, 9.17) is 16.3 Å². The number of methoxy groups -OCH3 is 1. The van der Waals surface area contributed by atoms with Crippen LogP contribution in [0.2, 0.25) is 5.02 Å². The number of carbonyl (C=O) groups excluding carboxylic acids is 1. The molecule has 1 amide bonds. The van der Waals surface area contributed by atoms with Gasteiger partial charge in [-0.3, -0.25) is 4.79 Å². The molecule has 1 saturated heterocycles. The lowest BCUT2D eigenvalue weighted by Crippen LogP contribution is -2.33. The highest BCUT2D eigenvalue weighted by molar-refractivity contribution is 6.32. The quantitative estimate of drug-likeness (QED) is 0.821. The van der Waals surface area contributed by atoms with Gasteiger partial charge in [0.25, 0.3) is 5.91 Å². The summed E-state index contributed by atoms with van der Waals surface area (Å²) >= 11 is 6.02. The van der Waals surface area contributed by atoms with E-state index in [0.29, 0.717) is 22.9 Å². The van der Waals surface area contributed by atoms with E-state index in [2.05, 4.69) is 10.2 Å². The highest BCUT2D eigenvalue weighted by Gasteiger charge is 2.11. The van der Waals surface area contributed by atoms with Crippen LogP contribution >= 0.6 is 11.6 Å². The molecule has 1 heterocycles. The molecule has 4 nitrogen and oxygen atoms in total. The van der Waals surface area contributed by atoms with Crippen molar-refractivity contribution < 1.29 is 9.53 Å². The topological polar surface area (TPSA) is 41.6 Å². The first kappa shape index (κ1) is 16.1. The number of rotatable bonds is 6. The first-order valence-electron chi connectivity index (χ1n) is 7.55. The van der Waals surface area contributed by atoms with Gasteiger partial charge in [0.2, 0.25) is 0 Å². The van der Waals surface area contributed by atoms with Crippen molar-refractivity contribution in [2.75, 3.05) is 33.3 Å². The summed E-state index contributed by atoms with van der Waals surface area (Å²) in [5.41, 5.74) is 0.568. The monoisotopic (exact) mass is 310 g/mol. The number of nitrogens with zero attached hydrogens (tertiary/aromatic N) is 1. The van der Waals surface area contributed by atoms with E-state index in [-0.39, 0.29) is 5.91 Å². The summed E-state index contributed by atoms with van der Waals surface area (Å²) in [7, 11) is 1.56. The zero-order valence-electron chi connectivity index (χ0n) is 12.5. The Hall–Kier alpha value is -1.26. The molecular weight excluding hydrogens is 288 g/mol. The molecular formula is C16H23ClN2O2. The van der Waals surface area contributed by atoms with E-state index in [1.54, 1.807) is 25.3 Å². The lowest BCUT2D eigenvalue weighted by molar-refractivity contribution is 0.0951. The van der Waals surface area contributed by atoms with Gasteiger partial charge in [-0.2, -0.15) is 0 Å². The smallest absolute Gasteiger partial charge is 0.251 e. The Balaban J connectivity index is 1.72. The van der Waals surface area contributed by atoms with Crippen molar-refractivity contribution >= 4 is 17.5 Å². The zero-order valence-corrected chi connectivity index (χ0v) is 13.3. The van der Waals surface area contributed by atoms with Gasteiger partial charge in [-0.1, -0.05) is 18.0 Å². The van der Waals surface area contributed by atoms with Crippen molar-refractivity contribution in [2.24, 2.45) is 0 Å². The highest BCUT2D eigenvalue weighted by atomic mass is 35.5. The minimum atomic E-state index is -0.0850. The molecule has 1 aliphatic rings. The molecule has 0 bridgehead atoms. The van der Waals surface area contributed by atoms with Crippen molar-refractivity contribution in [2.45, 2.75) is 25.7 Å². The second-order valence-corrected chi connectivity index (χ2v) is 5.77. The minimum Gasteiger partial charge on any atom is -0.495 e. The molecule has 1 fully saturated rings. The van der Waals surface area contributed by atoms with Crippen LogP contribution in [0.1, 0.15) is 36.0 Å². The Morgan fingerprint density at radius 2 is 2.10 bits per heavy atom. The fraction of sp³-hybridized carbons (Fsp3) is 0.562. The third kappa shape index (κ3) is 4.90. The van der Waals surface area contributed by atoms with Gasteiger partial charge in [-0.05, 0) is 57.1 Å². The van der Waals surface area contributed by atoms with Gasteiger partial charge in [-0.15, -0.1) is 0 Å². The number of hydrogen-bond donors (Lipinski definition) is 1. The van der Waals surface area contributed by atoms with Gasteiger partial charge in [0.1, 0.15) is 5.75 Å². The molecule has 116 valence electrons. The van der Waals surface area contributed by atoms with Gasteiger partial charge in [-0.25, -0.2) is 0 Å². The lowest BCUT2D eigenvalue weighted by Gasteiger charge is -2.26. The van der Waals surface area contributed by atoms with Gasteiger partial charge in [0, 0.05) is 12.1 Å². The average molecular weight is 311 g/mol. The van der Waals surface area contributed by atoms with Gasteiger partial charge in [0.05, 0.1) is 12.1 Å². The van der Waals surface area contributed by atoms with Crippen LogP contribution in [0, 0.1) is 0 Å². The number of carbonyl (C=O) groups is 1. The summed E-state index contributed by atoms with van der Waals surface area (Å²) in [5.74, 6) is 0.497. The first-order valence-corrected chi connectivity index (χ1v) is 7.92. The Labute approximate surface area is 131 Å². The van der Waals surface area contributed by atoms with Crippen molar-refractivity contribution in [1.82, 2.24) is 10.2 Å². The molecule has 0 aliphatic carbocycles. The Bertz CT molecular complexity index is 473. The number of piperidine rings is 1. The second kappa shape index (κ2) is 8.25. The van der Waals surface area contributed by atoms with Crippen molar-refractivity contribution in [3.8, 4) is 5.75 Å². The molecule has 0 radical (unpaired) electrons. The number of benzene rings is 1. The predicted octanol–water partition coefficient (Wildman–Crippen LogP) is 2.95. The summed E-state index contributed by atoms with van der Waals surface area (Å²) in [6.07, 6.45) is 4.94. The van der Waals surface area contributed by atoms with Crippen LogP contribution in [0.25, 0.3) is 0 Å². The first-order chi connectivity index (χ1) is 10.2. The van der Waals surface area contributed by atoms with Crippen molar-refractivity contribution in [1.29, 1.82) is 0 Å². The molecule has 2 rings (SSSR count). The van der Waals surface area contributed by atoms with Gasteiger partial charge >= 0.3 is 0 Å². The Morgan fingerprint density at radius 3 is 2.76 bits per heavy atom. The van der Waals surface area contributed by atoms with E-state index in [0.717, 1.165) is 13.0 Å². The van der Waals surface area contributed by atoms with Crippen LogP contribution in [0.15, 0.2) is 18.2 Å². The second-order valence-electron chi connectivity index (χ2n) is 5.36. The van der Waals surface area contributed by atoms with E-state index >= 15 is 0 Å². The number of likely N-dealkylation sites (tertiary alicyclic amines) is 1. The Kier molecular flexibility index (Phi) is 6.33. The van der Waals surface area contributed by atoms with E-state index < -0.39 is 0 Å². The molecule has 1 aliphatic heterocycles. The average Bonchev–Trinajstić information content (AvgIpc) is 2.52. The summed E-state index contributed by atoms with van der Waals surface area (Å²) in [5, 5.41) is 3.40. The molecule has 0 spiro atoms. The minimum absolute atomic E-state index is 0.0850. The van der Waals surface area contributed by atoms with E-state index in [9.17, 15) is 4.79 Å². The fourth-order valence-electron chi connectivity index (χ4n) is 2.60. The maximum atomic E-state index is 12.0. The standard InChI is InChI=1S/C16H23ClN2O2/c1-21-15-7-6-13(12-14(15)17)16(20)18-8-5-11-19-9-3-2-4-10-19/h6-7,12H,2-5,8-11H2,1H3,(H,18,20). The molecule has 5 heteroatoms. The molecule has 1 aromatic rings. The molecule has 0 unspecified atom stereocenters. The number of amides is 1. The van der Waals surface area contributed by atoms with Crippen LogP contribution in [0.5, 0.6) is 5.75 Å². The third-order valence-electron chi connectivity index (χ3n) is 3.80. The van der Waals surface area contributed by atoms with Crippen LogP contribution in [-0.2, 0) is 0 Å². The summed E-state index contributed by atoms with van der Waals surface area (Å²) in [6, 6.07) is 5.08. The van der Waals surface area contributed by atoms with Crippen LogP contribution in [0.3, 0.4) is 0 Å². The molecule has 21 heavy (non-hydrogen) atoms. The van der Waals surface area contributed by atoms with Crippen LogP contribution < -0.4 is 10.1 Å². The number of nitrogens with one attached hydrogen (secondary N) is 1. The normalized spacial score (nSPS) is 15.7. The molecule has 0 saturated carbocycles. The van der Waals surface area contributed by atoms with E-state index in [1.807, 2.05) is 0 Å². The van der Waals surface area contributed by atoms with Crippen LogP contribution in [0.4, 0.5) is 0 Å². The highest BCUT2D eigenvalue weighted by Crippen LogP contribution is 2.24. The molecule has 1 N–H and O–H groups in total. The van der Waals surface area contributed by atoms with Gasteiger partial charge < -0.3 is 15.0 Å². The summed E-state index contributed by atoms with van der Waals surface area (Å²) in [6.45, 7) is 4.15. The molecule has 1 aromatic carbocycles. The van der Waals surface area contributed by atoms with Crippen molar-refractivity contribution in [3.05, 3.63) is 28.8 Å². The lowest BCUT2D eigenvalue weighted by atomic mass is 10.1. The largest absolute Gasteiger partial charge is 0.495 e.